The topological polar surface area (TPSA) is 75.6 Å². The summed E-state index contributed by atoms with van der Waals surface area (Å²) >= 11 is 0. The molecule has 0 radical (unpaired) electrons. The third kappa shape index (κ3) is 6.72. The van der Waals surface area contributed by atoms with E-state index >= 15 is 0 Å². The van der Waals surface area contributed by atoms with Gasteiger partial charge in [0, 0.05) is 18.4 Å². The number of unbranched alkanes of at least 4 members (excludes halogenated alkanes) is 2. The molecule has 0 saturated carbocycles. The first-order valence-corrected chi connectivity index (χ1v) is 9.67. The molecule has 0 unspecified atom stereocenters. The minimum atomic E-state index is -0.782. The van der Waals surface area contributed by atoms with Gasteiger partial charge in [0.25, 0.3) is 5.91 Å². The number of carboxylic acid groups (broad SMARTS) is 1. The van der Waals surface area contributed by atoms with Crippen LogP contribution in [0.4, 0.5) is 0 Å². The monoisotopic (exact) mass is 383 g/mol. The number of benzene rings is 2. The van der Waals surface area contributed by atoms with Gasteiger partial charge in [-0.2, -0.15) is 0 Å². The maximum Gasteiger partial charge on any atom is 0.303 e. The SMILES string of the molecule is CC(C)(c1ccccc1)c1ccc(OCC(=O)NCCCCCC(=O)O)cc1. The normalized spacial score (nSPS) is 11.1. The molecule has 1 amide bonds. The first kappa shape index (κ1) is 21.5. The highest BCUT2D eigenvalue weighted by molar-refractivity contribution is 5.77. The minimum absolute atomic E-state index is 0.0312. The molecule has 28 heavy (non-hydrogen) atoms. The first-order valence-electron chi connectivity index (χ1n) is 9.67. The molecule has 5 nitrogen and oxygen atoms in total. The summed E-state index contributed by atoms with van der Waals surface area (Å²) in [5.41, 5.74) is 2.31. The van der Waals surface area contributed by atoms with Crippen LogP contribution in [-0.2, 0) is 15.0 Å². The zero-order chi connectivity index (χ0) is 20.4. The molecule has 0 spiro atoms. The highest BCUT2D eigenvalue weighted by Gasteiger charge is 2.22. The standard InChI is InChI=1S/C23H29NO4/c1-23(2,18-9-5-3-6-10-18)19-12-14-20(15-13-19)28-17-21(25)24-16-8-4-7-11-22(26)27/h3,5-6,9-10,12-15H,4,7-8,11,16-17H2,1-2H3,(H,24,25)(H,26,27). The van der Waals surface area contributed by atoms with E-state index in [2.05, 4.69) is 31.3 Å². The van der Waals surface area contributed by atoms with E-state index in [1.54, 1.807) is 0 Å². The molecule has 0 fully saturated rings. The van der Waals surface area contributed by atoms with E-state index in [0.29, 0.717) is 18.7 Å². The van der Waals surface area contributed by atoms with Crippen LogP contribution in [0.15, 0.2) is 54.6 Å². The number of nitrogens with one attached hydrogen (secondary N) is 1. The van der Waals surface area contributed by atoms with Gasteiger partial charge in [-0.1, -0.05) is 62.7 Å². The summed E-state index contributed by atoms with van der Waals surface area (Å²) in [5, 5.41) is 11.4. The molecule has 2 N–H and O–H groups in total. The lowest BCUT2D eigenvalue weighted by molar-refractivity contribution is -0.137. The lowest BCUT2D eigenvalue weighted by atomic mass is 9.78. The third-order valence-electron chi connectivity index (χ3n) is 4.83. The Bertz CT molecular complexity index is 754. The molecule has 150 valence electrons. The molecular weight excluding hydrogens is 354 g/mol. The molecule has 0 aliphatic heterocycles. The number of rotatable bonds is 11. The molecule has 0 saturated heterocycles. The van der Waals surface area contributed by atoms with Crippen LogP contribution in [0.5, 0.6) is 5.75 Å². The number of hydrogen-bond acceptors (Lipinski definition) is 3. The maximum absolute atomic E-state index is 11.8. The van der Waals surface area contributed by atoms with Crippen LogP contribution in [0.3, 0.4) is 0 Å². The number of carbonyl (C=O) groups is 2. The molecule has 0 atom stereocenters. The molecule has 0 bridgehead atoms. The van der Waals surface area contributed by atoms with E-state index in [-0.39, 0.29) is 24.3 Å². The van der Waals surface area contributed by atoms with Crippen LogP contribution >= 0.6 is 0 Å². The van der Waals surface area contributed by atoms with Gasteiger partial charge in [0.1, 0.15) is 5.75 Å². The fourth-order valence-corrected chi connectivity index (χ4v) is 3.00. The Kier molecular flexibility index (Phi) is 8.05. The summed E-state index contributed by atoms with van der Waals surface area (Å²) in [4.78, 5) is 22.3. The molecular formula is C23H29NO4. The number of hydrogen-bond donors (Lipinski definition) is 2. The highest BCUT2D eigenvalue weighted by Crippen LogP contribution is 2.32. The molecule has 0 aliphatic rings. The van der Waals surface area contributed by atoms with Crippen molar-refractivity contribution in [2.45, 2.75) is 44.9 Å². The van der Waals surface area contributed by atoms with Crippen molar-refractivity contribution >= 4 is 11.9 Å². The number of ether oxygens (including phenoxy) is 1. The van der Waals surface area contributed by atoms with Gasteiger partial charge in [0.05, 0.1) is 0 Å². The maximum atomic E-state index is 11.8. The van der Waals surface area contributed by atoms with Crippen molar-refractivity contribution in [1.82, 2.24) is 5.32 Å². The Morgan fingerprint density at radius 2 is 1.57 bits per heavy atom. The summed E-state index contributed by atoms with van der Waals surface area (Å²) in [6.07, 6.45) is 2.36. The molecule has 0 aliphatic carbocycles. The average Bonchev–Trinajstić information content (AvgIpc) is 2.70. The van der Waals surface area contributed by atoms with Crippen molar-refractivity contribution in [2.24, 2.45) is 0 Å². The average molecular weight is 383 g/mol. The number of carboxylic acids is 1. The van der Waals surface area contributed by atoms with Gasteiger partial charge >= 0.3 is 5.97 Å². The lowest BCUT2D eigenvalue weighted by Gasteiger charge is -2.26. The summed E-state index contributed by atoms with van der Waals surface area (Å²) in [6, 6.07) is 18.2. The van der Waals surface area contributed by atoms with E-state index in [1.165, 1.54) is 11.1 Å². The Morgan fingerprint density at radius 3 is 2.21 bits per heavy atom. The van der Waals surface area contributed by atoms with Crippen molar-refractivity contribution in [3.8, 4) is 5.75 Å². The van der Waals surface area contributed by atoms with E-state index in [4.69, 9.17) is 9.84 Å². The predicted molar refractivity (Wildman–Crippen MR) is 110 cm³/mol. The zero-order valence-electron chi connectivity index (χ0n) is 16.6. The zero-order valence-corrected chi connectivity index (χ0v) is 16.6. The largest absolute Gasteiger partial charge is 0.484 e. The molecule has 2 aromatic rings. The van der Waals surface area contributed by atoms with Crippen molar-refractivity contribution in [2.75, 3.05) is 13.2 Å². The molecule has 0 heterocycles. The van der Waals surface area contributed by atoms with Gasteiger partial charge in [-0.25, -0.2) is 0 Å². The first-order chi connectivity index (χ1) is 13.4. The van der Waals surface area contributed by atoms with E-state index in [1.807, 2.05) is 42.5 Å². The predicted octanol–water partition coefficient (Wildman–Crippen LogP) is 4.15. The Balaban J connectivity index is 1.75. The molecule has 0 aromatic heterocycles. The number of amides is 1. The lowest BCUT2D eigenvalue weighted by Crippen LogP contribution is -2.29. The Labute approximate surface area is 166 Å². The summed E-state index contributed by atoms with van der Waals surface area (Å²) in [7, 11) is 0. The van der Waals surface area contributed by atoms with Gasteiger partial charge in [-0.15, -0.1) is 0 Å². The number of aliphatic carboxylic acids is 1. The quantitative estimate of drug-likeness (QED) is 0.572. The second-order valence-electron chi connectivity index (χ2n) is 7.36. The second-order valence-corrected chi connectivity index (χ2v) is 7.36. The van der Waals surface area contributed by atoms with Gasteiger partial charge in [0.2, 0.25) is 0 Å². The smallest absolute Gasteiger partial charge is 0.303 e. The van der Waals surface area contributed by atoms with Gasteiger partial charge in [0.15, 0.2) is 6.61 Å². The summed E-state index contributed by atoms with van der Waals surface area (Å²) in [6.45, 7) is 4.87. The number of carbonyl (C=O) groups excluding carboxylic acids is 1. The fraction of sp³-hybridized carbons (Fsp3) is 0.391. The Morgan fingerprint density at radius 1 is 0.929 bits per heavy atom. The summed E-state index contributed by atoms with van der Waals surface area (Å²) < 4.78 is 5.56. The third-order valence-corrected chi connectivity index (χ3v) is 4.83. The van der Waals surface area contributed by atoms with Crippen molar-refractivity contribution in [3.05, 3.63) is 65.7 Å². The van der Waals surface area contributed by atoms with Gasteiger partial charge < -0.3 is 15.2 Å². The van der Waals surface area contributed by atoms with Crippen molar-refractivity contribution < 1.29 is 19.4 Å². The summed E-state index contributed by atoms with van der Waals surface area (Å²) in [5.74, 6) is -0.299. The van der Waals surface area contributed by atoms with Crippen LogP contribution in [0, 0.1) is 0 Å². The molecule has 2 rings (SSSR count). The van der Waals surface area contributed by atoms with E-state index in [0.717, 1.165) is 12.8 Å². The molecule has 2 aromatic carbocycles. The van der Waals surface area contributed by atoms with Gasteiger partial charge in [-0.05, 0) is 36.1 Å². The van der Waals surface area contributed by atoms with E-state index in [9.17, 15) is 9.59 Å². The van der Waals surface area contributed by atoms with E-state index < -0.39 is 5.97 Å². The van der Waals surface area contributed by atoms with Gasteiger partial charge in [-0.3, -0.25) is 9.59 Å². The van der Waals surface area contributed by atoms with Crippen molar-refractivity contribution in [3.63, 3.8) is 0 Å². The van der Waals surface area contributed by atoms with Crippen LogP contribution in [0.2, 0.25) is 0 Å². The minimum Gasteiger partial charge on any atom is -0.484 e. The van der Waals surface area contributed by atoms with Crippen LogP contribution in [0.25, 0.3) is 0 Å². The van der Waals surface area contributed by atoms with Crippen LogP contribution in [0.1, 0.15) is 50.7 Å². The fourth-order valence-electron chi connectivity index (χ4n) is 3.00. The van der Waals surface area contributed by atoms with Crippen molar-refractivity contribution in [1.29, 1.82) is 0 Å². The highest BCUT2D eigenvalue weighted by atomic mass is 16.5. The molecule has 5 heteroatoms. The second kappa shape index (κ2) is 10.5. The van der Waals surface area contributed by atoms with Crippen LogP contribution in [-0.4, -0.2) is 30.1 Å². The Hall–Kier alpha value is -2.82. The van der Waals surface area contributed by atoms with Crippen LogP contribution < -0.4 is 10.1 Å².